The lowest BCUT2D eigenvalue weighted by molar-refractivity contribution is -0.136. The van der Waals surface area contributed by atoms with Crippen molar-refractivity contribution in [1.82, 2.24) is 4.98 Å². The number of para-hydroxylation sites is 1. The minimum Gasteiger partial charge on any atom is -0.487 e. The fourth-order valence-corrected chi connectivity index (χ4v) is 6.17. The van der Waals surface area contributed by atoms with E-state index in [4.69, 9.17) is 9.72 Å². The number of aromatic nitrogens is 1. The highest BCUT2D eigenvalue weighted by Crippen LogP contribution is 2.68. The predicted molar refractivity (Wildman–Crippen MR) is 136 cm³/mol. The molecule has 1 fully saturated rings. The molecule has 0 spiro atoms. The molecule has 3 atom stereocenters. The Kier molecular flexibility index (Phi) is 4.39. The minimum absolute atomic E-state index is 0.0841. The van der Waals surface area contributed by atoms with E-state index in [1.165, 1.54) is 16.5 Å². The van der Waals surface area contributed by atoms with Crippen molar-refractivity contribution in [2.45, 2.75) is 58.5 Å². The van der Waals surface area contributed by atoms with Crippen molar-refractivity contribution in [3.63, 3.8) is 0 Å². The Morgan fingerprint density at radius 2 is 1.71 bits per heavy atom. The molecule has 4 heteroatoms. The first kappa shape index (κ1) is 21.2. The molecule has 2 aliphatic carbocycles. The fourth-order valence-electron chi connectivity index (χ4n) is 6.17. The van der Waals surface area contributed by atoms with Crippen LogP contribution in [0.2, 0.25) is 0 Å². The summed E-state index contributed by atoms with van der Waals surface area (Å²) < 4.78 is 6.64. The number of aryl methyl sites for hydroxylation is 1. The number of carbonyl (C=O) groups is 1. The molecule has 3 aromatic carbocycles. The van der Waals surface area contributed by atoms with Crippen LogP contribution in [0, 0.1) is 12.8 Å². The monoisotopic (exact) mass is 451 g/mol. The van der Waals surface area contributed by atoms with E-state index in [9.17, 15) is 9.90 Å². The second-order valence-corrected chi connectivity index (χ2v) is 10.9. The van der Waals surface area contributed by atoms with Gasteiger partial charge in [0.2, 0.25) is 0 Å². The zero-order valence-electron chi connectivity index (χ0n) is 20.3. The third-order valence-electron chi connectivity index (χ3n) is 7.48. The maximum atomic E-state index is 12.0. The highest BCUT2D eigenvalue weighted by Gasteiger charge is 2.54. The molecular formula is C30H29NO3. The van der Waals surface area contributed by atoms with Crippen molar-refractivity contribution in [1.29, 1.82) is 0 Å². The highest BCUT2D eigenvalue weighted by molar-refractivity contribution is 6.11. The van der Waals surface area contributed by atoms with E-state index >= 15 is 0 Å². The van der Waals surface area contributed by atoms with Gasteiger partial charge in [-0.05, 0) is 85.0 Å². The van der Waals surface area contributed by atoms with Crippen LogP contribution < -0.4 is 4.74 Å². The van der Waals surface area contributed by atoms with Crippen molar-refractivity contribution >= 4 is 27.6 Å². The number of hydrogen-bond acceptors (Lipinski definition) is 3. The summed E-state index contributed by atoms with van der Waals surface area (Å²) in [5.41, 5.74) is 6.68. The number of ether oxygens (including phenoxy) is 1. The van der Waals surface area contributed by atoms with Crippen LogP contribution in [0.5, 0.6) is 5.75 Å². The van der Waals surface area contributed by atoms with E-state index in [1.807, 2.05) is 31.2 Å². The van der Waals surface area contributed by atoms with Crippen LogP contribution >= 0.6 is 0 Å². The number of nitrogens with zero attached hydrogens (tertiary/aromatic N) is 1. The van der Waals surface area contributed by atoms with Gasteiger partial charge in [0.1, 0.15) is 11.4 Å². The number of aliphatic carboxylic acids is 1. The van der Waals surface area contributed by atoms with Crippen LogP contribution in [0.25, 0.3) is 32.8 Å². The van der Waals surface area contributed by atoms with Crippen molar-refractivity contribution in [3.8, 4) is 16.9 Å². The second-order valence-electron chi connectivity index (χ2n) is 10.9. The maximum absolute atomic E-state index is 12.0. The smallest absolute Gasteiger partial charge is 0.307 e. The van der Waals surface area contributed by atoms with E-state index in [0.717, 1.165) is 44.4 Å². The molecule has 0 saturated heterocycles. The SMILES string of the molecule is Cc1nc2ccccc2c(-c2c(OC(C)(C)C)cc3c4c(cccc24)C2C(C)C32)c1CC(=O)O. The van der Waals surface area contributed by atoms with Gasteiger partial charge >= 0.3 is 5.97 Å². The lowest BCUT2D eigenvalue weighted by Crippen LogP contribution is -2.23. The Balaban J connectivity index is 1.78. The number of carboxylic acids is 1. The molecule has 1 aromatic heterocycles. The van der Waals surface area contributed by atoms with Crippen LogP contribution in [0.3, 0.4) is 0 Å². The number of pyridine rings is 1. The van der Waals surface area contributed by atoms with E-state index in [1.54, 1.807) is 0 Å². The van der Waals surface area contributed by atoms with Crippen LogP contribution in [0.4, 0.5) is 0 Å². The molecule has 4 nitrogen and oxygen atoms in total. The Morgan fingerprint density at radius 1 is 1.00 bits per heavy atom. The molecule has 0 radical (unpaired) electrons. The summed E-state index contributed by atoms with van der Waals surface area (Å²) in [6.07, 6.45) is -0.0841. The van der Waals surface area contributed by atoms with Crippen molar-refractivity contribution in [2.75, 3.05) is 0 Å². The van der Waals surface area contributed by atoms with Gasteiger partial charge in [0.05, 0.1) is 11.9 Å². The predicted octanol–water partition coefficient (Wildman–Crippen LogP) is 7.00. The summed E-state index contributed by atoms with van der Waals surface area (Å²) in [5.74, 6) is 1.74. The molecule has 0 amide bonds. The molecule has 1 saturated carbocycles. The largest absolute Gasteiger partial charge is 0.487 e. The molecule has 6 rings (SSSR count). The number of fused-ring (bicyclic) bond motifs is 4. The van der Waals surface area contributed by atoms with Crippen molar-refractivity contribution < 1.29 is 14.6 Å². The third-order valence-corrected chi connectivity index (χ3v) is 7.48. The second kappa shape index (κ2) is 7.05. The molecule has 0 aliphatic heterocycles. The first-order valence-corrected chi connectivity index (χ1v) is 12.0. The van der Waals surface area contributed by atoms with Gasteiger partial charge in [0, 0.05) is 22.2 Å². The van der Waals surface area contributed by atoms with E-state index in [0.29, 0.717) is 17.8 Å². The van der Waals surface area contributed by atoms with Gasteiger partial charge in [-0.25, -0.2) is 0 Å². The zero-order valence-corrected chi connectivity index (χ0v) is 20.3. The van der Waals surface area contributed by atoms with Crippen LogP contribution in [-0.2, 0) is 11.2 Å². The first-order valence-electron chi connectivity index (χ1n) is 12.0. The zero-order chi connectivity index (χ0) is 23.9. The highest BCUT2D eigenvalue weighted by atomic mass is 16.5. The fraction of sp³-hybridized carbons (Fsp3) is 0.333. The minimum atomic E-state index is -0.860. The Labute approximate surface area is 199 Å². The first-order chi connectivity index (χ1) is 16.2. The summed E-state index contributed by atoms with van der Waals surface area (Å²) in [7, 11) is 0. The summed E-state index contributed by atoms with van der Waals surface area (Å²) >= 11 is 0. The molecular weight excluding hydrogens is 422 g/mol. The van der Waals surface area contributed by atoms with Crippen LogP contribution in [-0.4, -0.2) is 21.7 Å². The molecule has 1 N–H and O–H groups in total. The van der Waals surface area contributed by atoms with Gasteiger partial charge in [0.15, 0.2) is 0 Å². The van der Waals surface area contributed by atoms with E-state index < -0.39 is 11.6 Å². The Hall–Kier alpha value is -3.40. The standard InChI is InChI=1S/C30H29NO3/c1-15-25-18-10-8-11-19-27(18)21(26(15)25)13-23(34-30(3,4)5)29(19)28-17-9-6-7-12-22(17)31-16(2)20(28)14-24(32)33/h6-13,15,25-26H,14H2,1-5H3,(H,32,33). The topological polar surface area (TPSA) is 59.4 Å². The molecule has 2 aliphatic rings. The molecule has 34 heavy (non-hydrogen) atoms. The molecule has 1 heterocycles. The van der Waals surface area contributed by atoms with Gasteiger partial charge in [0.25, 0.3) is 0 Å². The number of carboxylic acid groups (broad SMARTS) is 1. The quantitative estimate of drug-likeness (QED) is 0.363. The molecule has 3 unspecified atom stereocenters. The van der Waals surface area contributed by atoms with Gasteiger partial charge < -0.3 is 9.84 Å². The normalized spacial score (nSPS) is 20.6. The Morgan fingerprint density at radius 3 is 2.44 bits per heavy atom. The number of rotatable bonds is 4. The molecule has 172 valence electrons. The Bertz CT molecular complexity index is 1510. The lowest BCUT2D eigenvalue weighted by atomic mass is 9.86. The van der Waals surface area contributed by atoms with Gasteiger partial charge in [-0.1, -0.05) is 43.3 Å². The number of benzene rings is 3. The van der Waals surface area contributed by atoms with Gasteiger partial charge in [-0.15, -0.1) is 0 Å². The average Bonchev–Trinajstić information content (AvgIpc) is 3.30. The van der Waals surface area contributed by atoms with E-state index in [2.05, 4.69) is 52.0 Å². The van der Waals surface area contributed by atoms with Crippen LogP contribution in [0.1, 0.15) is 61.9 Å². The van der Waals surface area contributed by atoms with E-state index in [-0.39, 0.29) is 6.42 Å². The van der Waals surface area contributed by atoms with Gasteiger partial charge in [-0.3, -0.25) is 9.78 Å². The third kappa shape index (κ3) is 3.04. The molecule has 0 bridgehead atoms. The number of hydrogen-bond donors (Lipinski definition) is 1. The molecule has 4 aromatic rings. The lowest BCUT2D eigenvalue weighted by Gasteiger charge is -2.27. The van der Waals surface area contributed by atoms with Crippen molar-refractivity contribution in [2.24, 2.45) is 5.92 Å². The summed E-state index contributed by atoms with van der Waals surface area (Å²) in [5, 5.41) is 13.2. The van der Waals surface area contributed by atoms with Crippen molar-refractivity contribution in [3.05, 3.63) is 70.9 Å². The van der Waals surface area contributed by atoms with Gasteiger partial charge in [-0.2, -0.15) is 0 Å². The maximum Gasteiger partial charge on any atom is 0.307 e. The summed E-state index contributed by atoms with van der Waals surface area (Å²) in [4.78, 5) is 16.7. The van der Waals surface area contributed by atoms with Crippen LogP contribution in [0.15, 0.2) is 48.5 Å². The summed E-state index contributed by atoms with van der Waals surface area (Å²) in [6, 6.07) is 16.9. The summed E-state index contributed by atoms with van der Waals surface area (Å²) in [6.45, 7) is 10.4. The average molecular weight is 452 g/mol.